The van der Waals surface area contributed by atoms with Gasteiger partial charge in [0.05, 0.1) is 19.8 Å². The Labute approximate surface area is 89.8 Å². The normalized spacial score (nSPS) is 21.0. The Balaban J connectivity index is 0.000000980. The Morgan fingerprint density at radius 3 is 2.57 bits per heavy atom. The van der Waals surface area contributed by atoms with E-state index in [-0.39, 0.29) is 18.6 Å². The van der Waals surface area contributed by atoms with Crippen molar-refractivity contribution in [2.24, 2.45) is 0 Å². The molecule has 0 aromatic heterocycles. The van der Waals surface area contributed by atoms with Gasteiger partial charge in [0.2, 0.25) is 0 Å². The van der Waals surface area contributed by atoms with E-state index in [4.69, 9.17) is 9.47 Å². The van der Waals surface area contributed by atoms with Gasteiger partial charge >= 0.3 is 0 Å². The lowest BCUT2D eigenvalue weighted by atomic mass is 10.3. The summed E-state index contributed by atoms with van der Waals surface area (Å²) in [6.45, 7) is 1.99. The molecule has 1 aliphatic heterocycles. The number of halogens is 1. The van der Waals surface area contributed by atoms with Gasteiger partial charge in [0.15, 0.2) is 6.23 Å². The van der Waals surface area contributed by atoms with Crippen molar-refractivity contribution in [2.45, 2.75) is 6.23 Å². The summed E-state index contributed by atoms with van der Waals surface area (Å²) < 4.78 is 10.7. The summed E-state index contributed by atoms with van der Waals surface area (Å²) in [6, 6.07) is 10.00. The maximum Gasteiger partial charge on any atom is 0.151 e. The van der Waals surface area contributed by atoms with E-state index in [1.165, 1.54) is 0 Å². The van der Waals surface area contributed by atoms with E-state index in [0.717, 1.165) is 5.69 Å². The molecule has 2 rings (SSSR count). The zero-order chi connectivity index (χ0) is 8.93. The predicted molar refractivity (Wildman–Crippen MR) is 57.9 cm³/mol. The van der Waals surface area contributed by atoms with E-state index in [9.17, 15) is 0 Å². The minimum absolute atomic E-state index is 0. The lowest BCUT2D eigenvalue weighted by Crippen LogP contribution is -2.34. The highest BCUT2D eigenvalue weighted by Gasteiger charge is 2.12. The summed E-state index contributed by atoms with van der Waals surface area (Å²) >= 11 is 0. The number of hydrogen-bond acceptors (Lipinski definition) is 3. The van der Waals surface area contributed by atoms with Crippen LogP contribution in [0.3, 0.4) is 0 Å². The molecule has 1 aliphatic rings. The van der Waals surface area contributed by atoms with Gasteiger partial charge in [0, 0.05) is 5.69 Å². The molecule has 14 heavy (non-hydrogen) atoms. The Morgan fingerprint density at radius 1 is 1.14 bits per heavy atom. The summed E-state index contributed by atoms with van der Waals surface area (Å²) in [5.41, 5.74) is 1.07. The first-order valence-electron chi connectivity index (χ1n) is 4.46. The number of ether oxygens (including phenoxy) is 2. The van der Waals surface area contributed by atoms with Gasteiger partial charge in [0.25, 0.3) is 0 Å². The van der Waals surface area contributed by atoms with Crippen LogP contribution < -0.4 is 5.32 Å². The molecule has 3 nitrogen and oxygen atoms in total. The second-order valence-electron chi connectivity index (χ2n) is 2.94. The van der Waals surface area contributed by atoms with Crippen molar-refractivity contribution in [3.05, 3.63) is 30.3 Å². The van der Waals surface area contributed by atoms with Crippen molar-refractivity contribution in [1.29, 1.82) is 0 Å². The number of para-hydroxylation sites is 1. The summed E-state index contributed by atoms with van der Waals surface area (Å²) in [5.74, 6) is 0. The number of benzene rings is 1. The van der Waals surface area contributed by atoms with Gasteiger partial charge in [-0.05, 0) is 12.1 Å². The fraction of sp³-hybridized carbons (Fsp3) is 0.400. The van der Waals surface area contributed by atoms with Crippen LogP contribution in [0.5, 0.6) is 0 Å². The fourth-order valence-corrected chi connectivity index (χ4v) is 1.29. The van der Waals surface area contributed by atoms with Crippen LogP contribution in [-0.4, -0.2) is 26.0 Å². The summed E-state index contributed by atoms with van der Waals surface area (Å²) in [6.07, 6.45) is -0.00356. The molecule has 78 valence electrons. The van der Waals surface area contributed by atoms with Crippen LogP contribution in [0.1, 0.15) is 0 Å². The quantitative estimate of drug-likeness (QED) is 0.818. The van der Waals surface area contributed by atoms with E-state index in [0.29, 0.717) is 19.8 Å². The SMILES string of the molecule is Cl.c1ccc(NC2COCCO2)cc1. The summed E-state index contributed by atoms with van der Waals surface area (Å²) in [5, 5.41) is 3.23. The van der Waals surface area contributed by atoms with Crippen LogP contribution in [0, 0.1) is 0 Å². The molecule has 0 bridgehead atoms. The molecule has 1 atom stereocenters. The lowest BCUT2D eigenvalue weighted by molar-refractivity contribution is -0.0756. The highest BCUT2D eigenvalue weighted by Crippen LogP contribution is 2.09. The molecular weight excluding hydrogens is 202 g/mol. The number of nitrogens with one attached hydrogen (secondary N) is 1. The Hall–Kier alpha value is -0.770. The van der Waals surface area contributed by atoms with Crippen LogP contribution in [0.2, 0.25) is 0 Å². The van der Waals surface area contributed by atoms with E-state index >= 15 is 0 Å². The first-order valence-corrected chi connectivity index (χ1v) is 4.46. The third kappa shape index (κ3) is 3.18. The van der Waals surface area contributed by atoms with Crippen molar-refractivity contribution >= 4 is 18.1 Å². The van der Waals surface area contributed by atoms with Gasteiger partial charge < -0.3 is 14.8 Å². The molecule has 0 amide bonds. The molecule has 0 saturated carbocycles. The highest BCUT2D eigenvalue weighted by molar-refractivity contribution is 5.85. The van der Waals surface area contributed by atoms with Gasteiger partial charge in [-0.25, -0.2) is 0 Å². The first kappa shape index (κ1) is 11.3. The molecule has 1 N–H and O–H groups in total. The molecule has 1 aromatic carbocycles. The Morgan fingerprint density at radius 2 is 1.93 bits per heavy atom. The van der Waals surface area contributed by atoms with Crippen molar-refractivity contribution < 1.29 is 9.47 Å². The standard InChI is InChI=1S/C10H13NO2.ClH/c1-2-4-9(5-3-1)11-10-8-12-6-7-13-10;/h1-5,10-11H,6-8H2;1H. The number of anilines is 1. The van der Waals surface area contributed by atoms with Crippen molar-refractivity contribution in [1.82, 2.24) is 0 Å². The van der Waals surface area contributed by atoms with Gasteiger partial charge in [-0.3, -0.25) is 0 Å². The molecule has 4 heteroatoms. The molecule has 1 unspecified atom stereocenters. The van der Waals surface area contributed by atoms with E-state index in [2.05, 4.69) is 5.32 Å². The maximum absolute atomic E-state index is 5.45. The van der Waals surface area contributed by atoms with Crippen molar-refractivity contribution in [3.8, 4) is 0 Å². The van der Waals surface area contributed by atoms with Crippen LogP contribution in [-0.2, 0) is 9.47 Å². The van der Waals surface area contributed by atoms with E-state index in [1.54, 1.807) is 0 Å². The third-order valence-electron chi connectivity index (χ3n) is 1.92. The molecule has 1 saturated heterocycles. The molecule has 0 aliphatic carbocycles. The monoisotopic (exact) mass is 215 g/mol. The maximum atomic E-state index is 5.45. The largest absolute Gasteiger partial charge is 0.374 e. The Kier molecular flexibility index (Phi) is 4.73. The molecule has 1 aromatic rings. The minimum atomic E-state index is -0.00356. The van der Waals surface area contributed by atoms with Gasteiger partial charge in [-0.15, -0.1) is 12.4 Å². The second-order valence-corrected chi connectivity index (χ2v) is 2.94. The van der Waals surface area contributed by atoms with Crippen molar-refractivity contribution in [2.75, 3.05) is 25.1 Å². The topological polar surface area (TPSA) is 30.5 Å². The zero-order valence-corrected chi connectivity index (χ0v) is 8.63. The number of hydrogen-bond donors (Lipinski definition) is 1. The summed E-state index contributed by atoms with van der Waals surface area (Å²) in [7, 11) is 0. The van der Waals surface area contributed by atoms with Gasteiger partial charge in [-0.2, -0.15) is 0 Å². The minimum Gasteiger partial charge on any atom is -0.374 e. The zero-order valence-electron chi connectivity index (χ0n) is 7.81. The molecular formula is C10H14ClNO2. The number of rotatable bonds is 2. The Bertz CT molecular complexity index is 250. The van der Waals surface area contributed by atoms with E-state index < -0.39 is 0 Å². The average molecular weight is 216 g/mol. The highest BCUT2D eigenvalue weighted by atomic mass is 35.5. The van der Waals surface area contributed by atoms with Gasteiger partial charge in [0.1, 0.15) is 0 Å². The lowest BCUT2D eigenvalue weighted by Gasteiger charge is -2.24. The van der Waals surface area contributed by atoms with Crippen LogP contribution >= 0.6 is 12.4 Å². The molecule has 0 spiro atoms. The van der Waals surface area contributed by atoms with Crippen LogP contribution in [0.15, 0.2) is 30.3 Å². The molecule has 1 fully saturated rings. The fourth-order valence-electron chi connectivity index (χ4n) is 1.29. The third-order valence-corrected chi connectivity index (χ3v) is 1.92. The predicted octanol–water partition coefficient (Wildman–Crippen LogP) is 1.89. The smallest absolute Gasteiger partial charge is 0.151 e. The second kappa shape index (κ2) is 5.86. The van der Waals surface area contributed by atoms with E-state index in [1.807, 2.05) is 30.3 Å². The average Bonchev–Trinajstić information content (AvgIpc) is 2.21. The van der Waals surface area contributed by atoms with Crippen molar-refractivity contribution in [3.63, 3.8) is 0 Å². The first-order chi connectivity index (χ1) is 6.45. The molecule has 0 radical (unpaired) electrons. The van der Waals surface area contributed by atoms with Crippen LogP contribution in [0.4, 0.5) is 5.69 Å². The summed E-state index contributed by atoms with van der Waals surface area (Å²) in [4.78, 5) is 0. The van der Waals surface area contributed by atoms with Crippen LogP contribution in [0.25, 0.3) is 0 Å². The van der Waals surface area contributed by atoms with Gasteiger partial charge in [-0.1, -0.05) is 18.2 Å². The molecule has 1 heterocycles.